The lowest BCUT2D eigenvalue weighted by molar-refractivity contribution is 0.171. The van der Waals surface area contributed by atoms with Crippen LogP contribution in [0.1, 0.15) is 62.6 Å². The zero-order valence-electron chi connectivity index (χ0n) is 18.0. The molecule has 1 fully saturated rings. The number of hydrogen-bond acceptors (Lipinski definition) is 2. The molecule has 0 N–H and O–H groups in total. The van der Waals surface area contributed by atoms with Crippen molar-refractivity contribution in [3.63, 3.8) is 0 Å². The maximum atomic E-state index is 6.49. The summed E-state index contributed by atoms with van der Waals surface area (Å²) < 4.78 is 2.21. The molecule has 1 aromatic heterocycles. The van der Waals surface area contributed by atoms with Gasteiger partial charge in [-0.25, -0.2) is 4.98 Å². The molecule has 162 valence electrons. The quantitative estimate of drug-likeness (QED) is 0.410. The summed E-state index contributed by atoms with van der Waals surface area (Å²) in [6, 6.07) is 13.2. The van der Waals surface area contributed by atoms with Crippen molar-refractivity contribution in [2.24, 2.45) is 0 Å². The van der Waals surface area contributed by atoms with Crippen molar-refractivity contribution in [2.75, 3.05) is 13.1 Å². The first kappa shape index (κ1) is 21.1. The van der Waals surface area contributed by atoms with E-state index in [-0.39, 0.29) is 6.04 Å². The number of fused-ring (bicyclic) bond motifs is 1. The van der Waals surface area contributed by atoms with Gasteiger partial charge in [-0.3, -0.25) is 4.90 Å². The second kappa shape index (κ2) is 8.97. The highest BCUT2D eigenvalue weighted by molar-refractivity contribution is 6.35. The smallest absolute Gasteiger partial charge is 0.0964 e. The van der Waals surface area contributed by atoms with Crippen LogP contribution < -0.4 is 0 Å². The normalized spacial score (nSPS) is 19.5. The van der Waals surface area contributed by atoms with E-state index in [1.807, 2.05) is 24.5 Å². The molecule has 3 nitrogen and oxygen atoms in total. The molecule has 0 spiro atoms. The summed E-state index contributed by atoms with van der Waals surface area (Å²) in [7, 11) is 0. The molecule has 1 aliphatic carbocycles. The Labute approximate surface area is 194 Å². The average molecular weight is 454 g/mol. The van der Waals surface area contributed by atoms with Gasteiger partial charge in [0.1, 0.15) is 0 Å². The average Bonchev–Trinajstić information content (AvgIpc) is 3.23. The Kier molecular flexibility index (Phi) is 6.10. The zero-order valence-corrected chi connectivity index (χ0v) is 19.5. The van der Waals surface area contributed by atoms with Crippen molar-refractivity contribution in [2.45, 2.75) is 57.5 Å². The molecule has 1 aliphatic heterocycles. The molecule has 1 atom stereocenters. The van der Waals surface area contributed by atoms with Crippen molar-refractivity contribution in [3.05, 3.63) is 70.0 Å². The van der Waals surface area contributed by atoms with Crippen LogP contribution in [0.4, 0.5) is 0 Å². The van der Waals surface area contributed by atoms with Crippen molar-refractivity contribution in [1.29, 1.82) is 0 Å². The van der Waals surface area contributed by atoms with E-state index >= 15 is 0 Å². The number of imidazole rings is 1. The highest BCUT2D eigenvalue weighted by Gasteiger charge is 2.23. The topological polar surface area (TPSA) is 21.1 Å². The molecule has 3 aromatic rings. The van der Waals surface area contributed by atoms with Gasteiger partial charge >= 0.3 is 0 Å². The van der Waals surface area contributed by atoms with Gasteiger partial charge in [-0.15, -0.1) is 0 Å². The van der Waals surface area contributed by atoms with E-state index in [0.717, 1.165) is 35.6 Å². The third-order valence-corrected chi connectivity index (χ3v) is 7.67. The van der Waals surface area contributed by atoms with Gasteiger partial charge in [0.25, 0.3) is 0 Å². The second-order valence-corrected chi connectivity index (χ2v) is 9.81. The van der Waals surface area contributed by atoms with Crippen LogP contribution >= 0.6 is 23.2 Å². The Bertz CT molecular complexity index is 1110. The minimum atomic E-state index is 0.0761. The third kappa shape index (κ3) is 4.28. The van der Waals surface area contributed by atoms with Gasteiger partial charge in [0.2, 0.25) is 0 Å². The number of rotatable bonds is 4. The maximum absolute atomic E-state index is 6.49. The molecule has 2 aliphatic rings. The van der Waals surface area contributed by atoms with E-state index in [1.54, 1.807) is 0 Å². The molecule has 0 radical (unpaired) electrons. The van der Waals surface area contributed by atoms with Crippen LogP contribution in [0.5, 0.6) is 0 Å². The highest BCUT2D eigenvalue weighted by Crippen LogP contribution is 2.33. The first-order valence-corrected chi connectivity index (χ1v) is 12.2. The van der Waals surface area contributed by atoms with Gasteiger partial charge in [-0.2, -0.15) is 0 Å². The third-order valence-electron chi connectivity index (χ3n) is 7.11. The van der Waals surface area contributed by atoms with Crippen molar-refractivity contribution in [3.8, 4) is 0 Å². The van der Waals surface area contributed by atoms with Gasteiger partial charge in [0.05, 0.1) is 23.4 Å². The van der Waals surface area contributed by atoms with Gasteiger partial charge in [0.15, 0.2) is 0 Å². The molecule has 1 saturated carbocycles. The summed E-state index contributed by atoms with van der Waals surface area (Å²) in [6.07, 6.45) is 12.4. The lowest BCUT2D eigenvalue weighted by Crippen LogP contribution is -2.39. The molecule has 5 rings (SSSR count). The van der Waals surface area contributed by atoms with Crippen LogP contribution in [0.15, 0.2) is 48.8 Å². The van der Waals surface area contributed by atoms with E-state index < -0.39 is 0 Å². The molecule has 0 saturated heterocycles. The Morgan fingerprint density at radius 2 is 1.87 bits per heavy atom. The summed E-state index contributed by atoms with van der Waals surface area (Å²) in [5.41, 5.74) is 5.98. The van der Waals surface area contributed by atoms with Crippen molar-refractivity contribution in [1.82, 2.24) is 14.5 Å². The standard InChI is InChI=1S/C26H29Cl2N3/c1-18(23-9-8-21(27)16-24(23)28)31-17-29-25-10-7-20(15-26(25)31)19-11-13-30(14-12-19)22-5-3-2-4-6-22/h7-11,15-18,22H,2-6,12-14H2,1H3/t18-/m1/s1. The zero-order chi connectivity index (χ0) is 21.4. The minimum Gasteiger partial charge on any atom is -0.323 e. The number of benzene rings is 2. The summed E-state index contributed by atoms with van der Waals surface area (Å²) in [4.78, 5) is 7.33. The SMILES string of the molecule is C[C@H](c1ccc(Cl)cc1Cl)n1cnc2ccc(C3=CCN(C4CCCCC4)CC3)cc21. The fourth-order valence-corrected chi connectivity index (χ4v) is 5.82. The Hall–Kier alpha value is -1.81. The van der Waals surface area contributed by atoms with Crippen LogP contribution in [0.25, 0.3) is 16.6 Å². The van der Waals surface area contributed by atoms with Gasteiger partial charge in [0, 0.05) is 29.2 Å². The van der Waals surface area contributed by atoms with E-state index in [2.05, 4.69) is 45.6 Å². The maximum Gasteiger partial charge on any atom is 0.0964 e. The largest absolute Gasteiger partial charge is 0.323 e. The van der Waals surface area contributed by atoms with Gasteiger partial charge < -0.3 is 4.57 Å². The predicted molar refractivity (Wildman–Crippen MR) is 131 cm³/mol. The lowest BCUT2D eigenvalue weighted by atomic mass is 9.92. The second-order valence-electron chi connectivity index (χ2n) is 8.96. The van der Waals surface area contributed by atoms with E-state index in [0.29, 0.717) is 10.0 Å². The van der Waals surface area contributed by atoms with Crippen molar-refractivity contribution < 1.29 is 0 Å². The number of halogens is 2. The fourth-order valence-electron chi connectivity index (χ4n) is 5.25. The molecular weight excluding hydrogens is 425 g/mol. The van der Waals surface area contributed by atoms with Gasteiger partial charge in [-0.05, 0) is 67.2 Å². The van der Waals surface area contributed by atoms with Crippen molar-refractivity contribution >= 4 is 39.8 Å². The molecule has 0 bridgehead atoms. The first-order valence-electron chi connectivity index (χ1n) is 11.4. The molecule has 0 amide bonds. The number of hydrogen-bond donors (Lipinski definition) is 0. The van der Waals surface area contributed by atoms with Crippen LogP contribution in [-0.2, 0) is 0 Å². The summed E-state index contributed by atoms with van der Waals surface area (Å²) in [6.45, 7) is 4.41. The molecule has 31 heavy (non-hydrogen) atoms. The molecule has 5 heteroatoms. The Morgan fingerprint density at radius 1 is 1.03 bits per heavy atom. The van der Waals surface area contributed by atoms with E-state index in [4.69, 9.17) is 23.2 Å². The summed E-state index contributed by atoms with van der Waals surface area (Å²) in [5, 5.41) is 1.35. The van der Waals surface area contributed by atoms with E-state index in [9.17, 15) is 0 Å². The fraction of sp³-hybridized carbons (Fsp3) is 0.423. The Morgan fingerprint density at radius 3 is 2.61 bits per heavy atom. The summed E-state index contributed by atoms with van der Waals surface area (Å²) >= 11 is 12.6. The Balaban J connectivity index is 1.41. The van der Waals surface area contributed by atoms with Crippen LogP contribution in [0.3, 0.4) is 0 Å². The molecular formula is C26H29Cl2N3. The lowest BCUT2D eigenvalue weighted by Gasteiger charge is -2.36. The monoisotopic (exact) mass is 453 g/mol. The molecule has 0 unspecified atom stereocenters. The predicted octanol–water partition coefficient (Wildman–Crippen LogP) is 7.37. The number of aromatic nitrogens is 2. The van der Waals surface area contributed by atoms with E-state index in [1.165, 1.54) is 49.8 Å². The highest BCUT2D eigenvalue weighted by atomic mass is 35.5. The summed E-state index contributed by atoms with van der Waals surface area (Å²) in [5.74, 6) is 0. The van der Waals surface area contributed by atoms with Crippen LogP contribution in [0, 0.1) is 0 Å². The van der Waals surface area contributed by atoms with Gasteiger partial charge in [-0.1, -0.05) is 60.7 Å². The minimum absolute atomic E-state index is 0.0761. The molecule has 2 aromatic carbocycles. The number of nitrogens with zero attached hydrogens (tertiary/aromatic N) is 3. The molecule has 2 heterocycles. The first-order chi connectivity index (χ1) is 15.1. The van der Waals surface area contributed by atoms with Crippen LogP contribution in [0.2, 0.25) is 10.0 Å². The van der Waals surface area contributed by atoms with Crippen LogP contribution in [-0.4, -0.2) is 33.6 Å².